The highest BCUT2D eigenvalue weighted by molar-refractivity contribution is 7.32. The quantitative estimate of drug-likeness (QED) is 0.0241. The number of benzene rings is 5. The van der Waals surface area contributed by atoms with Crippen molar-refractivity contribution in [2.75, 3.05) is 33.5 Å². The molecule has 602 valence electrons. The lowest BCUT2D eigenvalue weighted by atomic mass is 9.85. The van der Waals surface area contributed by atoms with Crippen LogP contribution in [0.1, 0.15) is 111 Å². The summed E-state index contributed by atoms with van der Waals surface area (Å²) in [6.45, 7) is 4.88. The van der Waals surface area contributed by atoms with Gasteiger partial charge >= 0.3 is 14.2 Å². The maximum Gasteiger partial charge on any atom is 0.330 e. The highest BCUT2D eigenvalue weighted by atomic mass is 35.5. The van der Waals surface area contributed by atoms with Crippen molar-refractivity contribution in [3.63, 3.8) is 0 Å². The number of carbonyl (C=O) groups excluding carboxylic acids is 7. The van der Waals surface area contributed by atoms with Gasteiger partial charge in [-0.15, -0.1) is 0 Å². The Morgan fingerprint density at radius 1 is 0.757 bits per heavy atom. The van der Waals surface area contributed by atoms with Crippen LogP contribution >= 0.6 is 31.5 Å². The lowest BCUT2D eigenvalue weighted by molar-refractivity contribution is -0.334. The standard InChI is InChI=1S/C70H86Cl2N11O27P/c1-26(2)14-37(75-5)62(94)82-52-54(88)29-7-10-41(35(71)16-29)106-43-18-31-19-44(59(43)110-69-60(58(92)57(91)45(24-84)108-69)109-47-22-70(4,77-13-12-73)61(93)27(3)105-47)107-42-11-8-30(17-36(42)72)55(89)53-67(99)81-51(68(100)101)33-20-40(86)34(23-76-25-104-111(102)103)56(90)48(33)32-15-28(6-9-39(32)85)49(64(96)83-53)80-65(97)50(31)79-63(95)38(21-46(74)87)78-66(52)98/h6-11,15-20,26-27,37-38,45,47,49-55,57-58,60-61,69,75-77,84-86,88-93,111H,12-14,21-25,73H2,1-5H3,(H2,74,87)(H,78,98)(H,79,95)(H,80,97)(H,81,99)(H,82,94)(H,83,96)(H,100,101)(H,102,103)/t27-,37+,38-,45+,47-,49+,50+,51+,52+,53-,54+,55+,57+,58-,60?,61+,69-,70-/m0/s1. The van der Waals surface area contributed by atoms with Crippen LogP contribution in [0, 0.1) is 5.92 Å². The Balaban J connectivity index is 1.24. The van der Waals surface area contributed by atoms with Crippen LogP contribution in [0.2, 0.25) is 10.0 Å². The van der Waals surface area contributed by atoms with Gasteiger partial charge in [0.15, 0.2) is 29.9 Å². The number of nitrogens with two attached hydrogens (primary N) is 2. The molecule has 0 radical (unpaired) electrons. The zero-order valence-corrected chi connectivity index (χ0v) is 62.4. The number of aliphatic carboxylic acids is 1. The van der Waals surface area contributed by atoms with Crippen LogP contribution in [0.25, 0.3) is 11.1 Å². The van der Waals surface area contributed by atoms with Crippen LogP contribution in [0.3, 0.4) is 0 Å². The van der Waals surface area contributed by atoms with Crippen molar-refractivity contribution in [1.82, 2.24) is 47.9 Å². The van der Waals surface area contributed by atoms with E-state index in [1.54, 1.807) is 6.92 Å². The summed E-state index contributed by atoms with van der Waals surface area (Å²) in [5, 5.41) is 139. The molecular formula is C70H86Cl2N11O27P. The Bertz CT molecular complexity index is 4400. The van der Waals surface area contributed by atoms with Crippen molar-refractivity contribution >= 4 is 78.8 Å². The number of aliphatic hydroxyl groups excluding tert-OH is 6. The van der Waals surface area contributed by atoms with E-state index in [9.17, 15) is 79.7 Å². The molecule has 0 saturated carbocycles. The number of ether oxygens (including phenoxy) is 6. The molecule has 2 unspecified atom stereocenters. The van der Waals surface area contributed by atoms with Crippen LogP contribution in [0.4, 0.5) is 0 Å². The van der Waals surface area contributed by atoms with E-state index in [0.29, 0.717) is 0 Å². The number of phenolic OH excluding ortho intramolecular Hbond substituents is 3. The highest BCUT2D eigenvalue weighted by Crippen LogP contribution is 2.51. The van der Waals surface area contributed by atoms with Crippen molar-refractivity contribution in [2.45, 2.75) is 163 Å². The van der Waals surface area contributed by atoms with E-state index in [4.69, 9.17) is 63.1 Å². The number of nitrogens with one attached hydrogen (secondary N) is 9. The van der Waals surface area contributed by atoms with Gasteiger partial charge in [0, 0.05) is 48.3 Å². The number of phenols is 3. The summed E-state index contributed by atoms with van der Waals surface area (Å²) >= 11 is 14.2. The first-order valence-electron chi connectivity index (χ1n) is 34.7. The van der Waals surface area contributed by atoms with Gasteiger partial charge in [-0.25, -0.2) is 4.79 Å². The molecule has 0 aromatic heterocycles. The van der Waals surface area contributed by atoms with E-state index in [-0.39, 0.29) is 53.7 Å². The summed E-state index contributed by atoms with van der Waals surface area (Å²) < 4.78 is 55.0. The van der Waals surface area contributed by atoms with E-state index in [2.05, 4.69) is 52.4 Å². The first-order chi connectivity index (χ1) is 52.5. The monoisotopic (exact) mass is 1610 g/mol. The normalized spacial score (nSPS) is 28.2. The van der Waals surface area contributed by atoms with E-state index in [1.165, 1.54) is 26.1 Å². The van der Waals surface area contributed by atoms with Gasteiger partial charge in [-0.3, -0.25) is 48.0 Å². The molecule has 7 aliphatic rings. The van der Waals surface area contributed by atoms with Crippen LogP contribution in [-0.2, 0) is 68.2 Å². The van der Waals surface area contributed by atoms with Crippen LogP contribution in [0.15, 0.2) is 72.8 Å². The third-order valence-electron chi connectivity index (χ3n) is 19.3. The molecule has 24 N–H and O–H groups in total. The SMILES string of the molecule is CN[C@H](CC(C)C)C(=O)N[C@H]1C(=O)N[C@@H](CC(N)=O)C(=O)N[C@H]2C(=O)N[C@H]3C(=O)N[C@H](C(=O)N[C@@H](C(=O)O)c4cc(O)c(CNCO[PH](=O)O)c(O)c4-c4cc3ccc4O)[C@H](O)c3ccc(c(Cl)c3)Oc3cc2cc(c3O[C@@H]2O[C@H](CO)[C@@H](O)[C@H](O)C2O[C@H]2C[C@](C)(NCCN)[C@H](O)[C@H](C)O2)Oc2ccc(cc2Cl)[C@H]1O. The van der Waals surface area contributed by atoms with E-state index >= 15 is 19.2 Å². The van der Waals surface area contributed by atoms with Gasteiger partial charge in [0.25, 0.3) is 0 Å². The summed E-state index contributed by atoms with van der Waals surface area (Å²) in [5.74, 6) is -16.8. The summed E-state index contributed by atoms with van der Waals surface area (Å²) in [7, 11) is -2.08. The third-order valence-corrected chi connectivity index (χ3v) is 20.3. The van der Waals surface area contributed by atoms with Crippen molar-refractivity contribution in [1.29, 1.82) is 0 Å². The van der Waals surface area contributed by atoms with Crippen LogP contribution in [0.5, 0.6) is 46.0 Å². The summed E-state index contributed by atoms with van der Waals surface area (Å²) in [5.41, 5.74) is 6.60. The Hall–Kier alpha value is -9.13. The second-order valence-corrected chi connectivity index (χ2v) is 29.2. The van der Waals surface area contributed by atoms with Crippen LogP contribution < -0.4 is 73.5 Å². The molecule has 2 saturated heterocycles. The zero-order valence-electron chi connectivity index (χ0n) is 59.8. The Kier molecular flexibility index (Phi) is 27.1. The van der Waals surface area contributed by atoms with Gasteiger partial charge < -0.3 is 138 Å². The molecule has 19 atom stereocenters. The van der Waals surface area contributed by atoms with Crippen LogP contribution in [-0.4, -0.2) is 216 Å². The number of rotatable bonds is 21. The second kappa shape index (κ2) is 35.7. The number of hydrogen-bond acceptors (Lipinski definition) is 29. The summed E-state index contributed by atoms with van der Waals surface area (Å²) in [6.07, 6.45) is -18.7. The first-order valence-corrected chi connectivity index (χ1v) is 36.8. The van der Waals surface area contributed by atoms with Gasteiger partial charge in [0.1, 0.15) is 96.2 Å². The minimum absolute atomic E-state index is 0.118. The second-order valence-electron chi connectivity index (χ2n) is 27.6. The fraction of sp³-hybridized carbons (Fsp3) is 0.457. The van der Waals surface area contributed by atoms with E-state index < -0.39 is 270 Å². The predicted octanol–water partition coefficient (Wildman–Crippen LogP) is -0.859. The minimum Gasteiger partial charge on any atom is -0.507 e. The average molecular weight is 1620 g/mol. The largest absolute Gasteiger partial charge is 0.507 e. The fourth-order valence-corrected chi connectivity index (χ4v) is 14.2. The van der Waals surface area contributed by atoms with Gasteiger partial charge in [-0.1, -0.05) is 55.2 Å². The number of carboxylic acid groups (broad SMARTS) is 1. The third kappa shape index (κ3) is 18.8. The number of hydrogen-bond donors (Lipinski definition) is 22. The fourth-order valence-electron chi connectivity index (χ4n) is 13.5. The molecule has 38 nitrogen and oxygen atoms in total. The molecule has 0 spiro atoms. The molecule has 5 aromatic rings. The Morgan fingerprint density at radius 3 is 1.97 bits per heavy atom. The molecule has 7 amide bonds. The lowest BCUT2D eigenvalue weighted by Crippen LogP contribution is -2.65. The van der Waals surface area contributed by atoms with Gasteiger partial charge in [-0.05, 0) is 110 Å². The number of carboxylic acids is 1. The molecule has 11 bridgehead atoms. The molecule has 7 aliphatic heterocycles. The Morgan fingerprint density at radius 2 is 1.38 bits per heavy atom. The van der Waals surface area contributed by atoms with Crippen molar-refractivity contribution in [3.05, 3.63) is 116 Å². The minimum atomic E-state index is -3.54. The van der Waals surface area contributed by atoms with Crippen molar-refractivity contribution in [3.8, 4) is 57.1 Å². The molecule has 5 aromatic carbocycles. The smallest absolute Gasteiger partial charge is 0.330 e. The number of aromatic hydroxyl groups is 3. The highest BCUT2D eigenvalue weighted by Gasteiger charge is 2.52. The van der Waals surface area contributed by atoms with Gasteiger partial charge in [-0.2, -0.15) is 0 Å². The average Bonchev–Trinajstić information content (AvgIpc) is 0.758. The maximum absolute atomic E-state index is 16.2. The number of halogens is 2. The number of carbonyl (C=O) groups is 8. The first kappa shape index (κ1) is 84.3. The molecular weight excluding hydrogens is 1530 g/mol. The van der Waals surface area contributed by atoms with Crippen molar-refractivity contribution in [2.24, 2.45) is 17.4 Å². The zero-order chi connectivity index (χ0) is 80.9. The number of amides is 7. The summed E-state index contributed by atoms with van der Waals surface area (Å²) in [4.78, 5) is 128. The molecule has 2 fully saturated rings. The van der Waals surface area contributed by atoms with E-state index in [0.717, 1.165) is 60.7 Å². The number of fused-ring (bicyclic) bond motifs is 15. The predicted molar refractivity (Wildman–Crippen MR) is 386 cm³/mol. The van der Waals surface area contributed by atoms with E-state index in [1.807, 2.05) is 13.8 Å². The molecule has 7 heterocycles. The molecule has 111 heavy (non-hydrogen) atoms. The number of primary amides is 1. The summed E-state index contributed by atoms with van der Waals surface area (Å²) in [6, 6.07) is -2.24. The Labute approximate surface area is 642 Å². The van der Waals surface area contributed by atoms with Gasteiger partial charge in [0.2, 0.25) is 53.4 Å². The van der Waals surface area contributed by atoms with Crippen molar-refractivity contribution < 1.29 is 132 Å². The van der Waals surface area contributed by atoms with Gasteiger partial charge in [0.05, 0.1) is 46.9 Å². The molecule has 41 heteroatoms. The lowest BCUT2D eigenvalue weighted by Gasteiger charge is -2.48. The topological polar surface area (TPSA) is 601 Å². The molecule has 12 rings (SSSR count). The number of aliphatic hydroxyl groups is 6. The molecule has 0 aliphatic carbocycles. The maximum atomic E-state index is 16.2. The number of likely N-dealkylation sites (N-methyl/N-ethyl adjacent to an activating group) is 1.